The molecule has 0 heterocycles. The molecule has 0 fully saturated rings. The first-order chi connectivity index (χ1) is 7.63. The predicted molar refractivity (Wildman–Crippen MR) is 58.4 cm³/mol. The Labute approximate surface area is 94.0 Å². The van der Waals surface area contributed by atoms with E-state index in [0.717, 1.165) is 0 Å². The van der Waals surface area contributed by atoms with E-state index in [9.17, 15) is 5.11 Å². The summed E-state index contributed by atoms with van der Waals surface area (Å²) < 4.78 is 10.2. The zero-order valence-corrected chi connectivity index (χ0v) is 9.23. The van der Waals surface area contributed by atoms with Gasteiger partial charge in [0.1, 0.15) is 17.2 Å². The molecule has 1 atom stereocenters. The van der Waals surface area contributed by atoms with Gasteiger partial charge in [-0.3, -0.25) is 0 Å². The molecule has 0 aliphatic rings. The number of hydrogen-bond acceptors (Lipinski definition) is 5. The van der Waals surface area contributed by atoms with Gasteiger partial charge in [0, 0.05) is 12.1 Å². The van der Waals surface area contributed by atoms with E-state index in [1.54, 1.807) is 0 Å². The lowest BCUT2D eigenvalue weighted by Gasteiger charge is -2.17. The monoisotopic (exact) mass is 222 g/mol. The summed E-state index contributed by atoms with van der Waals surface area (Å²) in [7, 11) is 2.94. The Morgan fingerprint density at radius 3 is 2.25 bits per heavy atom. The topological polar surface area (TPSA) is 88.5 Å². The van der Waals surface area contributed by atoms with Crippen LogP contribution in [0.3, 0.4) is 0 Å². The number of benzene rings is 1. The fourth-order valence-corrected chi connectivity index (χ4v) is 1.49. The first-order valence-electron chi connectivity index (χ1n) is 4.71. The third kappa shape index (κ3) is 2.35. The second-order valence-corrected chi connectivity index (χ2v) is 3.23. The summed E-state index contributed by atoms with van der Waals surface area (Å²) in [6.07, 6.45) is 0.150. The Morgan fingerprint density at radius 1 is 1.38 bits per heavy atom. The van der Waals surface area contributed by atoms with Crippen LogP contribution in [0.4, 0.5) is 0 Å². The van der Waals surface area contributed by atoms with Gasteiger partial charge in [-0.2, -0.15) is 5.26 Å². The van der Waals surface area contributed by atoms with Crippen LogP contribution in [-0.4, -0.2) is 19.3 Å². The van der Waals surface area contributed by atoms with Crippen LogP contribution in [0.2, 0.25) is 0 Å². The first-order valence-corrected chi connectivity index (χ1v) is 4.71. The van der Waals surface area contributed by atoms with Gasteiger partial charge in [-0.15, -0.1) is 0 Å². The van der Waals surface area contributed by atoms with Crippen molar-refractivity contribution in [3.8, 4) is 23.3 Å². The van der Waals surface area contributed by atoms with Crippen molar-refractivity contribution in [2.45, 2.75) is 12.5 Å². The van der Waals surface area contributed by atoms with Crippen LogP contribution in [0.25, 0.3) is 0 Å². The van der Waals surface area contributed by atoms with Gasteiger partial charge in [-0.1, -0.05) is 0 Å². The quantitative estimate of drug-likeness (QED) is 0.802. The minimum absolute atomic E-state index is 0.0293. The van der Waals surface area contributed by atoms with Crippen molar-refractivity contribution in [1.29, 1.82) is 5.26 Å². The lowest BCUT2D eigenvalue weighted by molar-refractivity contribution is 0.371. The van der Waals surface area contributed by atoms with Gasteiger partial charge in [0.05, 0.1) is 38.3 Å². The van der Waals surface area contributed by atoms with E-state index < -0.39 is 6.04 Å². The normalized spacial score (nSPS) is 11.6. The molecule has 0 saturated heterocycles. The van der Waals surface area contributed by atoms with Gasteiger partial charge >= 0.3 is 0 Å². The Balaban J connectivity index is 3.27. The van der Waals surface area contributed by atoms with Crippen molar-refractivity contribution in [2.75, 3.05) is 14.2 Å². The molecular weight excluding hydrogens is 208 g/mol. The van der Waals surface area contributed by atoms with Crippen molar-refractivity contribution < 1.29 is 14.6 Å². The smallest absolute Gasteiger partial charge is 0.131 e. The van der Waals surface area contributed by atoms with E-state index in [0.29, 0.717) is 17.1 Å². The fourth-order valence-electron chi connectivity index (χ4n) is 1.49. The van der Waals surface area contributed by atoms with Gasteiger partial charge in [-0.05, 0) is 0 Å². The van der Waals surface area contributed by atoms with E-state index >= 15 is 0 Å². The number of phenols is 1. The fraction of sp³-hybridized carbons (Fsp3) is 0.364. The molecule has 3 N–H and O–H groups in total. The minimum Gasteiger partial charge on any atom is -0.508 e. The van der Waals surface area contributed by atoms with Crippen molar-refractivity contribution in [2.24, 2.45) is 5.73 Å². The molecule has 0 aromatic heterocycles. The highest BCUT2D eigenvalue weighted by Crippen LogP contribution is 2.37. The highest BCUT2D eigenvalue weighted by Gasteiger charge is 2.18. The number of rotatable bonds is 4. The number of aromatic hydroxyl groups is 1. The van der Waals surface area contributed by atoms with Crippen molar-refractivity contribution in [3.63, 3.8) is 0 Å². The maximum Gasteiger partial charge on any atom is 0.131 e. The number of nitrogens with two attached hydrogens (primary N) is 1. The molecule has 86 valence electrons. The molecule has 1 aromatic carbocycles. The summed E-state index contributed by atoms with van der Waals surface area (Å²) in [5, 5.41) is 18.0. The molecule has 1 rings (SSSR count). The molecule has 0 unspecified atom stereocenters. The van der Waals surface area contributed by atoms with E-state index in [1.165, 1.54) is 26.4 Å². The molecular formula is C11H14N2O3. The molecule has 0 aliphatic heterocycles. The molecule has 0 amide bonds. The number of methoxy groups -OCH3 is 2. The van der Waals surface area contributed by atoms with Crippen molar-refractivity contribution >= 4 is 0 Å². The standard InChI is InChI=1S/C11H14N2O3/c1-15-9-5-7(14)6-10(16-2)11(9)8(13)3-4-12/h5-6,8,14H,3,13H2,1-2H3/t8-/m0/s1. The van der Waals surface area contributed by atoms with Crippen LogP contribution in [0.1, 0.15) is 18.0 Å². The lowest BCUT2D eigenvalue weighted by atomic mass is 10.0. The molecule has 0 spiro atoms. The molecule has 1 aromatic rings. The highest BCUT2D eigenvalue weighted by molar-refractivity contribution is 5.52. The van der Waals surface area contributed by atoms with Gasteiger partial charge in [0.2, 0.25) is 0 Å². The number of nitrogens with zero attached hydrogens (tertiary/aromatic N) is 1. The molecule has 16 heavy (non-hydrogen) atoms. The van der Waals surface area contributed by atoms with Crippen LogP contribution >= 0.6 is 0 Å². The summed E-state index contributed by atoms with van der Waals surface area (Å²) in [6.45, 7) is 0. The molecule has 5 nitrogen and oxygen atoms in total. The summed E-state index contributed by atoms with van der Waals surface area (Å²) in [6, 6.07) is 4.36. The van der Waals surface area contributed by atoms with Crippen LogP contribution in [0.5, 0.6) is 17.2 Å². The number of ether oxygens (including phenoxy) is 2. The third-order valence-electron chi connectivity index (χ3n) is 2.21. The average Bonchev–Trinajstić information content (AvgIpc) is 2.27. The first kappa shape index (κ1) is 12.1. The average molecular weight is 222 g/mol. The maximum atomic E-state index is 9.43. The van der Waals surface area contributed by atoms with Crippen LogP contribution in [-0.2, 0) is 0 Å². The largest absolute Gasteiger partial charge is 0.508 e. The maximum absolute atomic E-state index is 9.43. The van der Waals surface area contributed by atoms with Crippen molar-refractivity contribution in [1.82, 2.24) is 0 Å². The minimum atomic E-state index is -0.504. The summed E-state index contributed by atoms with van der Waals surface area (Å²) in [5.74, 6) is 0.862. The Kier molecular flexibility index (Phi) is 3.97. The number of phenolic OH excluding ortho intramolecular Hbond substituents is 1. The summed E-state index contributed by atoms with van der Waals surface area (Å²) >= 11 is 0. The SMILES string of the molecule is COc1cc(O)cc(OC)c1[C@@H](N)CC#N. The second kappa shape index (κ2) is 5.24. The van der Waals surface area contributed by atoms with E-state index in [4.69, 9.17) is 20.5 Å². The highest BCUT2D eigenvalue weighted by atomic mass is 16.5. The third-order valence-corrected chi connectivity index (χ3v) is 2.21. The van der Waals surface area contributed by atoms with Crippen LogP contribution < -0.4 is 15.2 Å². The van der Waals surface area contributed by atoms with Gasteiger partial charge < -0.3 is 20.3 Å². The summed E-state index contributed by atoms with van der Waals surface area (Å²) in [4.78, 5) is 0. The molecule has 5 heteroatoms. The zero-order chi connectivity index (χ0) is 12.1. The predicted octanol–water partition coefficient (Wildman–Crippen LogP) is 1.32. The Bertz CT molecular complexity index is 387. The van der Waals surface area contributed by atoms with E-state index in [-0.39, 0.29) is 12.2 Å². The molecule has 0 bridgehead atoms. The number of hydrogen-bond donors (Lipinski definition) is 2. The zero-order valence-electron chi connectivity index (χ0n) is 9.23. The van der Waals surface area contributed by atoms with Crippen LogP contribution in [0.15, 0.2) is 12.1 Å². The molecule has 0 saturated carbocycles. The van der Waals surface area contributed by atoms with Gasteiger partial charge in [0.15, 0.2) is 0 Å². The molecule has 0 aliphatic carbocycles. The molecule has 0 radical (unpaired) electrons. The van der Waals surface area contributed by atoms with E-state index in [1.807, 2.05) is 6.07 Å². The van der Waals surface area contributed by atoms with Gasteiger partial charge in [0.25, 0.3) is 0 Å². The second-order valence-electron chi connectivity index (χ2n) is 3.23. The van der Waals surface area contributed by atoms with Crippen molar-refractivity contribution in [3.05, 3.63) is 17.7 Å². The Morgan fingerprint density at radius 2 is 1.88 bits per heavy atom. The summed E-state index contributed by atoms with van der Waals surface area (Å²) in [5.41, 5.74) is 6.43. The Hall–Kier alpha value is -1.93. The van der Waals surface area contributed by atoms with Gasteiger partial charge in [-0.25, -0.2) is 0 Å². The van der Waals surface area contributed by atoms with Crippen LogP contribution in [0, 0.1) is 11.3 Å². The lowest BCUT2D eigenvalue weighted by Crippen LogP contribution is -2.12. The number of nitriles is 1. The van der Waals surface area contributed by atoms with E-state index in [2.05, 4.69) is 0 Å².